The summed E-state index contributed by atoms with van der Waals surface area (Å²) in [5.41, 5.74) is 2.23. The number of rotatable bonds is 6. The average Bonchev–Trinajstić information content (AvgIpc) is 3.31. The van der Waals surface area contributed by atoms with Crippen LogP contribution >= 0.6 is 24.0 Å². The Morgan fingerprint density at radius 3 is 2.64 bits per heavy atom. The van der Waals surface area contributed by atoms with Crippen LogP contribution in [0.25, 0.3) is 5.69 Å². The van der Waals surface area contributed by atoms with Gasteiger partial charge < -0.3 is 15.2 Å². The highest BCUT2D eigenvalue weighted by atomic mass is 127. The van der Waals surface area contributed by atoms with E-state index in [4.69, 9.17) is 0 Å². The van der Waals surface area contributed by atoms with Crippen LogP contribution in [0.2, 0.25) is 0 Å². The maximum atomic E-state index is 4.26. The molecule has 0 aliphatic rings. The third-order valence-corrected chi connectivity index (χ3v) is 3.69. The monoisotopic (exact) mass is 450 g/mol. The summed E-state index contributed by atoms with van der Waals surface area (Å²) in [6.45, 7) is 2.43. The lowest BCUT2D eigenvalue weighted by Crippen LogP contribution is -2.38. The summed E-state index contributed by atoms with van der Waals surface area (Å²) in [4.78, 5) is 4.26. The maximum absolute atomic E-state index is 4.26. The number of guanidine groups is 1. The Balaban J connectivity index is 0.00000225. The van der Waals surface area contributed by atoms with Gasteiger partial charge in [0.1, 0.15) is 0 Å². The van der Waals surface area contributed by atoms with Crippen LogP contribution in [0, 0.1) is 0 Å². The number of hydrogen-bond donors (Lipinski definition) is 2. The molecule has 0 saturated carbocycles. The predicted octanol–water partition coefficient (Wildman–Crippen LogP) is 2.66. The number of nitrogens with zero attached hydrogens (tertiary/aromatic N) is 4. The van der Waals surface area contributed by atoms with Gasteiger partial charge in [0.2, 0.25) is 0 Å². The van der Waals surface area contributed by atoms with E-state index in [1.54, 1.807) is 13.2 Å². The molecule has 0 saturated heterocycles. The molecule has 25 heavy (non-hydrogen) atoms. The summed E-state index contributed by atoms with van der Waals surface area (Å²) in [7, 11) is 1.78. The molecular weight excluding hydrogens is 427 g/mol. The Kier molecular flexibility index (Phi) is 7.52. The second-order valence-electron chi connectivity index (χ2n) is 5.39. The number of halogens is 1. The van der Waals surface area contributed by atoms with E-state index >= 15 is 0 Å². The van der Waals surface area contributed by atoms with Crippen LogP contribution in [0.15, 0.2) is 72.2 Å². The highest BCUT2D eigenvalue weighted by Gasteiger charge is 2.01. The summed E-state index contributed by atoms with van der Waals surface area (Å²) in [6, 6.07) is 14.3. The molecule has 132 valence electrons. The first-order valence-electron chi connectivity index (χ1n) is 7.99. The normalized spacial score (nSPS) is 11.0. The lowest BCUT2D eigenvalue weighted by molar-refractivity contribution is 0.665. The Bertz CT molecular complexity index is 765. The van der Waals surface area contributed by atoms with Gasteiger partial charge in [-0.1, -0.05) is 12.1 Å². The molecule has 0 aliphatic carbocycles. The van der Waals surface area contributed by atoms with Gasteiger partial charge in [0.15, 0.2) is 5.96 Å². The Morgan fingerprint density at radius 2 is 1.92 bits per heavy atom. The molecule has 0 spiro atoms. The summed E-state index contributed by atoms with van der Waals surface area (Å²) < 4.78 is 3.99. The second-order valence-corrected chi connectivity index (χ2v) is 5.39. The maximum Gasteiger partial charge on any atom is 0.191 e. The van der Waals surface area contributed by atoms with Crippen molar-refractivity contribution in [1.29, 1.82) is 0 Å². The molecule has 0 bridgehead atoms. The zero-order chi connectivity index (χ0) is 16.6. The smallest absolute Gasteiger partial charge is 0.191 e. The third-order valence-electron chi connectivity index (χ3n) is 3.69. The van der Waals surface area contributed by atoms with Crippen molar-refractivity contribution in [2.24, 2.45) is 4.99 Å². The predicted molar refractivity (Wildman–Crippen MR) is 112 cm³/mol. The SMILES string of the molecule is CN=C(NCCn1cccc1)NCc1cccc(-n2cccn2)c1.I. The van der Waals surface area contributed by atoms with Crippen molar-refractivity contribution in [3.8, 4) is 5.69 Å². The summed E-state index contributed by atoms with van der Waals surface area (Å²) in [5, 5.41) is 10.9. The minimum atomic E-state index is 0. The molecular formula is C18H23IN6. The molecule has 0 radical (unpaired) electrons. The summed E-state index contributed by atoms with van der Waals surface area (Å²) in [5.74, 6) is 0.798. The molecule has 2 aromatic heterocycles. The van der Waals surface area contributed by atoms with Crippen molar-refractivity contribution in [3.63, 3.8) is 0 Å². The van der Waals surface area contributed by atoms with Gasteiger partial charge in [-0.2, -0.15) is 5.10 Å². The van der Waals surface area contributed by atoms with Gasteiger partial charge in [0, 0.05) is 51.5 Å². The van der Waals surface area contributed by atoms with E-state index in [0.717, 1.165) is 24.7 Å². The zero-order valence-corrected chi connectivity index (χ0v) is 16.5. The van der Waals surface area contributed by atoms with Crippen molar-refractivity contribution in [2.45, 2.75) is 13.1 Å². The van der Waals surface area contributed by atoms with Gasteiger partial charge >= 0.3 is 0 Å². The Labute approximate surface area is 165 Å². The molecule has 1 aromatic carbocycles. The van der Waals surface area contributed by atoms with Crippen molar-refractivity contribution < 1.29 is 0 Å². The largest absolute Gasteiger partial charge is 0.355 e. The number of benzene rings is 1. The van der Waals surface area contributed by atoms with Crippen LogP contribution in [0.4, 0.5) is 0 Å². The second kappa shape index (κ2) is 9.87. The first-order chi connectivity index (χ1) is 11.8. The Morgan fingerprint density at radius 1 is 1.08 bits per heavy atom. The first kappa shape index (κ1) is 19.0. The van der Waals surface area contributed by atoms with Crippen LogP contribution in [0.5, 0.6) is 0 Å². The minimum Gasteiger partial charge on any atom is -0.355 e. The molecule has 0 aliphatic heterocycles. The number of aromatic nitrogens is 3. The molecule has 3 rings (SSSR count). The van der Waals surface area contributed by atoms with Crippen molar-refractivity contribution >= 4 is 29.9 Å². The molecule has 0 amide bonds. The molecule has 0 fully saturated rings. The minimum absolute atomic E-state index is 0. The highest BCUT2D eigenvalue weighted by molar-refractivity contribution is 14.0. The molecule has 0 unspecified atom stereocenters. The summed E-state index contributed by atoms with van der Waals surface area (Å²) >= 11 is 0. The fourth-order valence-electron chi connectivity index (χ4n) is 2.46. The van der Waals surface area contributed by atoms with Crippen LogP contribution < -0.4 is 10.6 Å². The van der Waals surface area contributed by atoms with E-state index in [1.165, 1.54) is 5.56 Å². The Hall–Kier alpha value is -2.29. The van der Waals surface area contributed by atoms with E-state index in [2.05, 4.69) is 49.8 Å². The van der Waals surface area contributed by atoms with Gasteiger partial charge in [-0.05, 0) is 35.9 Å². The molecule has 0 atom stereocenters. The fourth-order valence-corrected chi connectivity index (χ4v) is 2.46. The number of nitrogens with one attached hydrogen (secondary N) is 2. The van der Waals surface area contributed by atoms with E-state index in [9.17, 15) is 0 Å². The van der Waals surface area contributed by atoms with Crippen LogP contribution in [0.1, 0.15) is 5.56 Å². The van der Waals surface area contributed by atoms with Crippen molar-refractivity contribution in [3.05, 3.63) is 72.8 Å². The van der Waals surface area contributed by atoms with E-state index < -0.39 is 0 Å². The fraction of sp³-hybridized carbons (Fsp3) is 0.222. The van der Waals surface area contributed by atoms with Gasteiger partial charge in [-0.25, -0.2) is 4.68 Å². The van der Waals surface area contributed by atoms with Gasteiger partial charge in [0.05, 0.1) is 5.69 Å². The third kappa shape index (κ3) is 5.63. The van der Waals surface area contributed by atoms with E-state index in [0.29, 0.717) is 6.54 Å². The average molecular weight is 450 g/mol. The highest BCUT2D eigenvalue weighted by Crippen LogP contribution is 2.09. The quantitative estimate of drug-likeness (QED) is 0.345. The lowest BCUT2D eigenvalue weighted by atomic mass is 10.2. The van der Waals surface area contributed by atoms with Crippen molar-refractivity contribution in [1.82, 2.24) is 25.0 Å². The number of aliphatic imine (C=N–C) groups is 1. The topological polar surface area (TPSA) is 59.2 Å². The number of hydrogen-bond acceptors (Lipinski definition) is 2. The molecule has 2 N–H and O–H groups in total. The van der Waals surface area contributed by atoms with E-state index in [1.807, 2.05) is 41.2 Å². The lowest BCUT2D eigenvalue weighted by Gasteiger charge is -2.13. The first-order valence-corrected chi connectivity index (χ1v) is 7.99. The molecule has 6 nitrogen and oxygen atoms in total. The van der Waals surface area contributed by atoms with Crippen LogP contribution in [-0.2, 0) is 13.1 Å². The van der Waals surface area contributed by atoms with Crippen LogP contribution in [-0.4, -0.2) is 33.9 Å². The molecule has 2 heterocycles. The van der Waals surface area contributed by atoms with Gasteiger partial charge in [-0.15, -0.1) is 24.0 Å². The standard InChI is InChI=1S/C18H22N6.HI/c1-19-18(20-9-13-23-10-2-3-11-23)21-15-16-6-4-7-17(14-16)24-12-5-8-22-24;/h2-8,10-12,14H,9,13,15H2,1H3,(H2,19,20,21);1H. The molecule has 3 aromatic rings. The van der Waals surface area contributed by atoms with Crippen LogP contribution in [0.3, 0.4) is 0 Å². The van der Waals surface area contributed by atoms with E-state index in [-0.39, 0.29) is 24.0 Å². The summed E-state index contributed by atoms with van der Waals surface area (Å²) in [6.07, 6.45) is 7.83. The van der Waals surface area contributed by atoms with Gasteiger partial charge in [-0.3, -0.25) is 4.99 Å². The molecule has 7 heteroatoms. The zero-order valence-electron chi connectivity index (χ0n) is 14.2. The van der Waals surface area contributed by atoms with Crippen molar-refractivity contribution in [2.75, 3.05) is 13.6 Å². The van der Waals surface area contributed by atoms with Gasteiger partial charge in [0.25, 0.3) is 0 Å².